The number of hydrogen-bond donors (Lipinski definition) is 2. The highest BCUT2D eigenvalue weighted by Crippen LogP contribution is 2.21. The zero-order chi connectivity index (χ0) is 14.8. The van der Waals surface area contributed by atoms with E-state index in [1.54, 1.807) is 0 Å². The van der Waals surface area contributed by atoms with Gasteiger partial charge in [0, 0.05) is 11.2 Å². The molecule has 104 valence electrons. The van der Waals surface area contributed by atoms with Gasteiger partial charge in [-0.25, -0.2) is 13.2 Å². The fourth-order valence-electron chi connectivity index (χ4n) is 1.50. The first-order valence-electron chi connectivity index (χ1n) is 5.36. The molecule has 1 aromatic carbocycles. The maximum atomic E-state index is 12.1. The number of pyridine rings is 1. The fraction of sp³-hybridized carbons (Fsp3) is 0. The van der Waals surface area contributed by atoms with Crippen molar-refractivity contribution in [3.63, 3.8) is 0 Å². The van der Waals surface area contributed by atoms with Crippen LogP contribution < -0.4 is 4.72 Å². The van der Waals surface area contributed by atoms with Crippen LogP contribution in [0.4, 0.5) is 5.69 Å². The first-order chi connectivity index (χ1) is 9.40. The van der Waals surface area contributed by atoms with E-state index in [0.717, 1.165) is 6.20 Å². The van der Waals surface area contributed by atoms with Gasteiger partial charge in [0.1, 0.15) is 0 Å². The van der Waals surface area contributed by atoms with Crippen molar-refractivity contribution in [3.8, 4) is 0 Å². The maximum absolute atomic E-state index is 12.1. The fourth-order valence-corrected chi connectivity index (χ4v) is 2.86. The van der Waals surface area contributed by atoms with Gasteiger partial charge < -0.3 is 5.11 Å². The van der Waals surface area contributed by atoms with Crippen molar-refractivity contribution in [1.82, 2.24) is 4.98 Å². The molecule has 1 heterocycles. The number of hydrogen-bond acceptors (Lipinski definition) is 4. The monoisotopic (exact) mass is 312 g/mol. The lowest BCUT2D eigenvalue weighted by Gasteiger charge is -2.10. The number of carbonyl (C=O) groups is 1. The number of rotatable bonds is 4. The second kappa shape index (κ2) is 5.48. The molecule has 0 fully saturated rings. The van der Waals surface area contributed by atoms with E-state index in [4.69, 9.17) is 16.7 Å². The van der Waals surface area contributed by atoms with E-state index >= 15 is 0 Å². The minimum atomic E-state index is -3.93. The summed E-state index contributed by atoms with van der Waals surface area (Å²) >= 11 is 5.74. The summed E-state index contributed by atoms with van der Waals surface area (Å²) in [5.74, 6) is -1.25. The molecule has 0 aliphatic rings. The number of carboxylic acids is 1. The van der Waals surface area contributed by atoms with Crippen molar-refractivity contribution in [2.45, 2.75) is 4.90 Å². The zero-order valence-electron chi connectivity index (χ0n) is 9.95. The van der Waals surface area contributed by atoms with Gasteiger partial charge in [-0.2, -0.15) is 0 Å². The number of benzene rings is 1. The number of nitrogens with one attached hydrogen (secondary N) is 1. The SMILES string of the molecule is O=C(O)c1ccncc1NS(=O)(=O)c1cccc(Cl)c1. The Labute approximate surface area is 120 Å². The molecule has 2 rings (SSSR count). The number of nitrogens with zero attached hydrogens (tertiary/aromatic N) is 1. The van der Waals surface area contributed by atoms with Crippen molar-refractivity contribution in [2.24, 2.45) is 0 Å². The lowest BCUT2D eigenvalue weighted by molar-refractivity contribution is 0.0698. The summed E-state index contributed by atoms with van der Waals surface area (Å²) in [6, 6.07) is 6.84. The summed E-state index contributed by atoms with van der Waals surface area (Å²) in [5.41, 5.74) is -0.300. The Morgan fingerprint density at radius 1 is 1.30 bits per heavy atom. The van der Waals surface area contributed by atoms with E-state index in [1.165, 1.54) is 36.5 Å². The Morgan fingerprint density at radius 3 is 2.70 bits per heavy atom. The summed E-state index contributed by atoms with van der Waals surface area (Å²) < 4.78 is 26.5. The zero-order valence-corrected chi connectivity index (χ0v) is 11.5. The Morgan fingerprint density at radius 2 is 2.05 bits per heavy atom. The molecule has 20 heavy (non-hydrogen) atoms. The number of aromatic carboxylic acids is 1. The molecule has 0 aliphatic heterocycles. The summed E-state index contributed by atoms with van der Waals surface area (Å²) in [5, 5.41) is 9.26. The maximum Gasteiger partial charge on any atom is 0.337 e. The van der Waals surface area contributed by atoms with Crippen molar-refractivity contribution >= 4 is 33.3 Å². The van der Waals surface area contributed by atoms with Crippen LogP contribution in [-0.2, 0) is 10.0 Å². The first-order valence-corrected chi connectivity index (χ1v) is 7.22. The van der Waals surface area contributed by atoms with E-state index in [-0.39, 0.29) is 21.2 Å². The van der Waals surface area contributed by atoms with Gasteiger partial charge in [-0.05, 0) is 24.3 Å². The molecule has 0 saturated carbocycles. The minimum absolute atomic E-state index is 0.0646. The van der Waals surface area contributed by atoms with Crippen molar-refractivity contribution in [2.75, 3.05) is 4.72 Å². The second-order valence-corrected chi connectivity index (χ2v) is 5.91. The molecule has 2 N–H and O–H groups in total. The standard InChI is InChI=1S/C12H9ClN2O4S/c13-8-2-1-3-9(6-8)20(18,19)15-11-7-14-5-4-10(11)12(16)17/h1-7,15H,(H,16,17). The average Bonchev–Trinajstić information content (AvgIpc) is 2.38. The van der Waals surface area contributed by atoms with Gasteiger partial charge in [0.25, 0.3) is 10.0 Å². The van der Waals surface area contributed by atoms with Crippen LogP contribution in [0.2, 0.25) is 5.02 Å². The third-order valence-corrected chi connectivity index (χ3v) is 4.00. The average molecular weight is 313 g/mol. The van der Waals surface area contributed by atoms with Gasteiger partial charge in [0.05, 0.1) is 22.3 Å². The third kappa shape index (κ3) is 3.06. The predicted molar refractivity (Wildman–Crippen MR) is 73.5 cm³/mol. The highest BCUT2D eigenvalue weighted by atomic mass is 35.5. The smallest absolute Gasteiger partial charge is 0.337 e. The van der Waals surface area contributed by atoms with Crippen molar-refractivity contribution in [1.29, 1.82) is 0 Å². The van der Waals surface area contributed by atoms with E-state index in [1.807, 2.05) is 0 Å². The largest absolute Gasteiger partial charge is 0.478 e. The lowest BCUT2D eigenvalue weighted by Crippen LogP contribution is -2.15. The van der Waals surface area contributed by atoms with Crippen LogP contribution >= 0.6 is 11.6 Å². The van der Waals surface area contributed by atoms with Crippen LogP contribution in [0.5, 0.6) is 0 Å². The van der Waals surface area contributed by atoms with Gasteiger partial charge in [0.2, 0.25) is 0 Å². The molecule has 8 heteroatoms. The summed E-state index contributed by atoms with van der Waals surface area (Å²) in [4.78, 5) is 14.7. The topological polar surface area (TPSA) is 96.4 Å². The Hall–Kier alpha value is -2.12. The molecule has 6 nitrogen and oxygen atoms in total. The first kappa shape index (κ1) is 14.3. The molecule has 0 saturated heterocycles. The summed E-state index contributed by atoms with van der Waals surface area (Å²) in [6.45, 7) is 0. The van der Waals surface area contributed by atoms with Crippen molar-refractivity contribution in [3.05, 3.63) is 53.3 Å². The van der Waals surface area contributed by atoms with Crippen LogP contribution in [-0.4, -0.2) is 24.5 Å². The normalized spacial score (nSPS) is 11.1. The lowest BCUT2D eigenvalue weighted by atomic mass is 10.2. The quantitative estimate of drug-likeness (QED) is 0.902. The van der Waals surface area contributed by atoms with Gasteiger partial charge >= 0.3 is 5.97 Å². The van der Waals surface area contributed by atoms with Gasteiger partial charge in [-0.3, -0.25) is 9.71 Å². The number of anilines is 1. The van der Waals surface area contributed by atoms with Gasteiger partial charge in [-0.1, -0.05) is 17.7 Å². The van der Waals surface area contributed by atoms with Gasteiger partial charge in [-0.15, -0.1) is 0 Å². The molecular weight excluding hydrogens is 304 g/mol. The highest BCUT2D eigenvalue weighted by molar-refractivity contribution is 7.92. The molecular formula is C12H9ClN2O4S. The van der Waals surface area contributed by atoms with Crippen LogP contribution in [0.15, 0.2) is 47.6 Å². The molecule has 2 aromatic rings. The number of halogens is 1. The van der Waals surface area contributed by atoms with Crippen molar-refractivity contribution < 1.29 is 18.3 Å². The van der Waals surface area contributed by atoms with Crippen LogP contribution in [0.25, 0.3) is 0 Å². The Bertz CT molecular complexity index is 762. The van der Waals surface area contributed by atoms with E-state index in [2.05, 4.69) is 9.71 Å². The predicted octanol–water partition coefficient (Wildman–Crippen LogP) is 2.23. The van der Waals surface area contributed by atoms with E-state index in [9.17, 15) is 13.2 Å². The molecule has 0 amide bonds. The van der Waals surface area contributed by atoms with E-state index < -0.39 is 16.0 Å². The van der Waals surface area contributed by atoms with Gasteiger partial charge in [0.15, 0.2) is 0 Å². The Kier molecular flexibility index (Phi) is 3.91. The summed E-state index contributed by atoms with van der Waals surface area (Å²) in [7, 11) is -3.93. The van der Waals surface area contributed by atoms with Crippen LogP contribution in [0.1, 0.15) is 10.4 Å². The third-order valence-electron chi connectivity index (χ3n) is 2.40. The van der Waals surface area contributed by atoms with E-state index in [0.29, 0.717) is 0 Å². The number of aromatic nitrogens is 1. The molecule has 0 bridgehead atoms. The van der Waals surface area contributed by atoms with Crippen LogP contribution in [0.3, 0.4) is 0 Å². The molecule has 0 aliphatic carbocycles. The minimum Gasteiger partial charge on any atom is -0.478 e. The summed E-state index contributed by atoms with van der Waals surface area (Å²) in [6.07, 6.45) is 2.40. The molecule has 0 unspecified atom stereocenters. The molecule has 1 aromatic heterocycles. The van der Waals surface area contributed by atoms with Crippen LogP contribution in [0, 0.1) is 0 Å². The number of sulfonamides is 1. The molecule has 0 spiro atoms. The molecule has 0 radical (unpaired) electrons. The number of carboxylic acid groups (broad SMARTS) is 1. The Balaban J connectivity index is 2.41. The highest BCUT2D eigenvalue weighted by Gasteiger charge is 2.18. The molecule has 0 atom stereocenters. The second-order valence-electron chi connectivity index (χ2n) is 3.79.